The van der Waals surface area contributed by atoms with Crippen LogP contribution in [0.4, 0.5) is 4.39 Å². The van der Waals surface area contributed by atoms with E-state index in [0.717, 1.165) is 0 Å². The Morgan fingerprint density at radius 3 is 2.72 bits per heavy atom. The van der Waals surface area contributed by atoms with Crippen LogP contribution in [0.15, 0.2) is 24.3 Å². The third-order valence-electron chi connectivity index (χ3n) is 2.52. The van der Waals surface area contributed by atoms with Crippen LogP contribution in [0, 0.1) is 5.82 Å². The smallest absolute Gasteiger partial charge is 0.305 e. The molecule has 1 amide bonds. The SMILES string of the molecule is COC(=O)CCCN(C)C(=O)c1cccc(F)c1. The van der Waals surface area contributed by atoms with E-state index in [1.807, 2.05) is 0 Å². The Hall–Kier alpha value is -1.91. The molecule has 0 aliphatic heterocycles. The first kappa shape index (κ1) is 14.2. The highest BCUT2D eigenvalue weighted by Gasteiger charge is 2.12. The first-order valence-electron chi connectivity index (χ1n) is 5.62. The van der Waals surface area contributed by atoms with Crippen molar-refractivity contribution in [1.82, 2.24) is 4.90 Å². The van der Waals surface area contributed by atoms with Gasteiger partial charge in [-0.3, -0.25) is 9.59 Å². The molecule has 0 saturated carbocycles. The zero-order chi connectivity index (χ0) is 13.5. The summed E-state index contributed by atoms with van der Waals surface area (Å²) in [5.74, 6) is -1.01. The topological polar surface area (TPSA) is 46.6 Å². The summed E-state index contributed by atoms with van der Waals surface area (Å²) >= 11 is 0. The highest BCUT2D eigenvalue weighted by Crippen LogP contribution is 2.07. The average molecular weight is 253 g/mol. The van der Waals surface area contributed by atoms with Gasteiger partial charge >= 0.3 is 5.97 Å². The molecule has 0 aromatic heterocycles. The quantitative estimate of drug-likeness (QED) is 0.752. The third-order valence-corrected chi connectivity index (χ3v) is 2.52. The van der Waals surface area contributed by atoms with Crippen LogP contribution in [0.1, 0.15) is 23.2 Å². The van der Waals surface area contributed by atoms with Gasteiger partial charge in [0.2, 0.25) is 0 Å². The zero-order valence-electron chi connectivity index (χ0n) is 10.5. The van der Waals surface area contributed by atoms with Crippen molar-refractivity contribution in [3.63, 3.8) is 0 Å². The van der Waals surface area contributed by atoms with Crippen LogP contribution in [0.3, 0.4) is 0 Å². The van der Waals surface area contributed by atoms with Crippen molar-refractivity contribution in [2.24, 2.45) is 0 Å². The second-order valence-corrected chi connectivity index (χ2v) is 3.92. The maximum absolute atomic E-state index is 13.0. The number of carbonyl (C=O) groups excluding carboxylic acids is 2. The van der Waals surface area contributed by atoms with Crippen LogP contribution in [-0.2, 0) is 9.53 Å². The molecule has 0 N–H and O–H groups in total. The van der Waals surface area contributed by atoms with E-state index in [-0.39, 0.29) is 18.3 Å². The molecule has 5 heteroatoms. The summed E-state index contributed by atoms with van der Waals surface area (Å²) in [6.45, 7) is 0.421. The summed E-state index contributed by atoms with van der Waals surface area (Å²) in [7, 11) is 2.94. The predicted molar refractivity (Wildman–Crippen MR) is 64.6 cm³/mol. The van der Waals surface area contributed by atoms with Crippen LogP contribution in [0.2, 0.25) is 0 Å². The van der Waals surface area contributed by atoms with Crippen molar-refractivity contribution in [3.8, 4) is 0 Å². The summed E-state index contributed by atoms with van der Waals surface area (Å²) in [6.07, 6.45) is 0.779. The lowest BCUT2D eigenvalue weighted by Crippen LogP contribution is -2.28. The molecule has 0 saturated heterocycles. The van der Waals surface area contributed by atoms with Gasteiger partial charge < -0.3 is 9.64 Å². The Balaban J connectivity index is 2.49. The van der Waals surface area contributed by atoms with E-state index in [1.165, 1.54) is 30.2 Å². The number of methoxy groups -OCH3 is 1. The number of nitrogens with zero attached hydrogens (tertiary/aromatic N) is 1. The first-order valence-corrected chi connectivity index (χ1v) is 5.62. The number of hydrogen-bond donors (Lipinski definition) is 0. The standard InChI is InChI=1S/C13H16FNO3/c1-15(8-4-7-12(16)18-2)13(17)10-5-3-6-11(14)9-10/h3,5-6,9H,4,7-8H2,1-2H3. The van der Waals surface area contributed by atoms with E-state index in [2.05, 4.69) is 4.74 Å². The molecule has 1 aromatic carbocycles. The van der Waals surface area contributed by atoms with Gasteiger partial charge in [0.15, 0.2) is 0 Å². The number of carbonyl (C=O) groups is 2. The summed E-state index contributed by atoms with van der Waals surface area (Å²) in [4.78, 5) is 24.2. The number of esters is 1. The number of hydrogen-bond acceptors (Lipinski definition) is 3. The number of rotatable bonds is 5. The normalized spacial score (nSPS) is 9.94. The Morgan fingerprint density at radius 1 is 1.39 bits per heavy atom. The molecule has 0 heterocycles. The van der Waals surface area contributed by atoms with Crippen LogP contribution in [-0.4, -0.2) is 37.5 Å². The van der Waals surface area contributed by atoms with Gasteiger partial charge in [-0.25, -0.2) is 4.39 Å². The molecule has 0 aliphatic rings. The second kappa shape index (κ2) is 6.74. The monoisotopic (exact) mass is 253 g/mol. The zero-order valence-corrected chi connectivity index (χ0v) is 10.5. The number of halogens is 1. The maximum Gasteiger partial charge on any atom is 0.305 e. The van der Waals surface area contributed by atoms with E-state index in [9.17, 15) is 14.0 Å². The molecule has 0 aliphatic carbocycles. The van der Waals surface area contributed by atoms with Crippen molar-refractivity contribution < 1.29 is 18.7 Å². The van der Waals surface area contributed by atoms with Crippen LogP contribution >= 0.6 is 0 Å². The van der Waals surface area contributed by atoms with Gasteiger partial charge in [0.1, 0.15) is 5.82 Å². The van der Waals surface area contributed by atoms with Crippen LogP contribution in [0.25, 0.3) is 0 Å². The molecule has 0 radical (unpaired) electrons. The van der Waals surface area contributed by atoms with Gasteiger partial charge in [-0.05, 0) is 24.6 Å². The lowest BCUT2D eigenvalue weighted by atomic mass is 10.2. The summed E-state index contributed by atoms with van der Waals surface area (Å²) in [6, 6.07) is 5.53. The molecule has 1 rings (SSSR count). The maximum atomic E-state index is 13.0. The van der Waals surface area contributed by atoms with Crippen molar-refractivity contribution in [1.29, 1.82) is 0 Å². The second-order valence-electron chi connectivity index (χ2n) is 3.92. The highest BCUT2D eigenvalue weighted by molar-refractivity contribution is 5.94. The molecule has 0 atom stereocenters. The van der Waals surface area contributed by atoms with E-state index < -0.39 is 5.82 Å². The molecule has 18 heavy (non-hydrogen) atoms. The molecule has 0 fully saturated rings. The van der Waals surface area contributed by atoms with E-state index >= 15 is 0 Å². The summed E-state index contributed by atoms with van der Waals surface area (Å²) in [5, 5.41) is 0. The fourth-order valence-corrected chi connectivity index (χ4v) is 1.51. The van der Waals surface area contributed by atoms with Crippen molar-refractivity contribution >= 4 is 11.9 Å². The minimum atomic E-state index is -0.441. The van der Waals surface area contributed by atoms with Crippen molar-refractivity contribution in [3.05, 3.63) is 35.6 Å². The van der Waals surface area contributed by atoms with Crippen LogP contribution in [0.5, 0.6) is 0 Å². The Bertz CT molecular complexity index is 434. The fourth-order valence-electron chi connectivity index (χ4n) is 1.51. The molecular formula is C13H16FNO3. The largest absolute Gasteiger partial charge is 0.469 e. The number of ether oxygens (including phenoxy) is 1. The first-order chi connectivity index (χ1) is 8.54. The minimum absolute atomic E-state index is 0.261. The molecule has 1 aromatic rings. The predicted octanol–water partition coefficient (Wildman–Crippen LogP) is 1.85. The van der Waals surface area contributed by atoms with E-state index in [1.54, 1.807) is 13.1 Å². The summed E-state index contributed by atoms with van der Waals surface area (Å²) < 4.78 is 17.5. The van der Waals surface area contributed by atoms with Crippen molar-refractivity contribution in [2.75, 3.05) is 20.7 Å². The fraction of sp³-hybridized carbons (Fsp3) is 0.385. The Labute approximate surface area is 105 Å². The molecule has 4 nitrogen and oxygen atoms in total. The minimum Gasteiger partial charge on any atom is -0.469 e. The van der Waals surface area contributed by atoms with E-state index in [0.29, 0.717) is 18.5 Å². The lowest BCUT2D eigenvalue weighted by molar-refractivity contribution is -0.140. The molecule has 0 unspecified atom stereocenters. The van der Waals surface area contributed by atoms with Gasteiger partial charge in [-0.2, -0.15) is 0 Å². The molecule has 0 spiro atoms. The summed E-state index contributed by atoms with van der Waals surface area (Å²) in [5.41, 5.74) is 0.301. The van der Waals surface area contributed by atoms with E-state index in [4.69, 9.17) is 0 Å². The van der Waals surface area contributed by atoms with Gasteiger partial charge in [-0.1, -0.05) is 6.07 Å². The van der Waals surface area contributed by atoms with Gasteiger partial charge in [0.25, 0.3) is 5.91 Å². The Kier molecular flexibility index (Phi) is 5.30. The van der Waals surface area contributed by atoms with Gasteiger partial charge in [0, 0.05) is 25.6 Å². The molecular weight excluding hydrogens is 237 g/mol. The lowest BCUT2D eigenvalue weighted by Gasteiger charge is -2.16. The molecule has 0 bridgehead atoms. The Morgan fingerprint density at radius 2 is 2.11 bits per heavy atom. The van der Waals surface area contributed by atoms with Gasteiger partial charge in [-0.15, -0.1) is 0 Å². The van der Waals surface area contributed by atoms with Crippen LogP contribution < -0.4 is 0 Å². The molecule has 98 valence electrons. The number of benzene rings is 1. The third kappa shape index (κ3) is 4.16. The van der Waals surface area contributed by atoms with Gasteiger partial charge in [0.05, 0.1) is 7.11 Å². The highest BCUT2D eigenvalue weighted by atomic mass is 19.1. The number of amides is 1. The van der Waals surface area contributed by atoms with Crippen molar-refractivity contribution in [2.45, 2.75) is 12.8 Å². The average Bonchev–Trinajstić information content (AvgIpc) is 2.37.